The summed E-state index contributed by atoms with van der Waals surface area (Å²) in [4.78, 5) is 6.29. The van der Waals surface area contributed by atoms with E-state index in [1.165, 1.54) is 12.0 Å². The highest BCUT2D eigenvalue weighted by atomic mass is 15.1. The standard InChI is InChI=1S/C14H19N3/c1-17(12-14(11-15)6-2-7-14)10-5-13-3-8-16-9-4-13/h3-4,8-9H,2,5-7,10,12H2,1H3. The van der Waals surface area contributed by atoms with Gasteiger partial charge in [-0.3, -0.25) is 4.98 Å². The van der Waals surface area contributed by atoms with Crippen LogP contribution in [0.3, 0.4) is 0 Å². The van der Waals surface area contributed by atoms with Gasteiger partial charge in [0.1, 0.15) is 0 Å². The van der Waals surface area contributed by atoms with Gasteiger partial charge in [-0.2, -0.15) is 5.26 Å². The zero-order chi connectivity index (χ0) is 12.1. The van der Waals surface area contributed by atoms with Crippen molar-refractivity contribution in [3.8, 4) is 6.07 Å². The summed E-state index contributed by atoms with van der Waals surface area (Å²) in [6.07, 6.45) is 8.05. The number of nitrogens with zero attached hydrogens (tertiary/aromatic N) is 3. The van der Waals surface area contributed by atoms with Crippen molar-refractivity contribution in [3.05, 3.63) is 30.1 Å². The average Bonchev–Trinajstić information content (AvgIpc) is 2.33. The van der Waals surface area contributed by atoms with E-state index in [1.54, 1.807) is 0 Å². The Morgan fingerprint density at radius 2 is 2.12 bits per heavy atom. The highest BCUT2D eigenvalue weighted by Crippen LogP contribution is 2.40. The Hall–Kier alpha value is -1.40. The van der Waals surface area contributed by atoms with Crippen LogP contribution in [0.5, 0.6) is 0 Å². The SMILES string of the molecule is CN(CCc1ccncc1)CC1(C#N)CCC1. The summed E-state index contributed by atoms with van der Waals surface area (Å²) in [6, 6.07) is 6.60. The molecule has 1 aliphatic rings. The molecule has 90 valence electrons. The van der Waals surface area contributed by atoms with Crippen LogP contribution in [0.4, 0.5) is 0 Å². The smallest absolute Gasteiger partial charge is 0.0703 e. The summed E-state index contributed by atoms with van der Waals surface area (Å²) in [7, 11) is 2.11. The molecule has 0 amide bonds. The van der Waals surface area contributed by atoms with E-state index >= 15 is 0 Å². The van der Waals surface area contributed by atoms with Gasteiger partial charge >= 0.3 is 0 Å². The summed E-state index contributed by atoms with van der Waals surface area (Å²) < 4.78 is 0. The molecule has 1 fully saturated rings. The van der Waals surface area contributed by atoms with E-state index in [1.807, 2.05) is 12.4 Å². The molecule has 2 rings (SSSR count). The van der Waals surface area contributed by atoms with E-state index in [0.717, 1.165) is 32.4 Å². The van der Waals surface area contributed by atoms with E-state index in [9.17, 15) is 5.26 Å². The molecule has 0 atom stereocenters. The Balaban J connectivity index is 1.78. The van der Waals surface area contributed by atoms with E-state index in [4.69, 9.17) is 0 Å². The van der Waals surface area contributed by atoms with Crippen molar-refractivity contribution in [1.29, 1.82) is 5.26 Å². The van der Waals surface area contributed by atoms with Crippen molar-refractivity contribution in [2.24, 2.45) is 5.41 Å². The molecule has 1 saturated carbocycles. The van der Waals surface area contributed by atoms with Gasteiger partial charge in [0.25, 0.3) is 0 Å². The Labute approximate surface area is 103 Å². The number of pyridine rings is 1. The monoisotopic (exact) mass is 229 g/mol. The lowest BCUT2D eigenvalue weighted by Gasteiger charge is -2.38. The molecule has 0 unspecified atom stereocenters. The largest absolute Gasteiger partial charge is 0.304 e. The van der Waals surface area contributed by atoms with Crippen LogP contribution < -0.4 is 0 Å². The molecule has 3 nitrogen and oxygen atoms in total. The number of rotatable bonds is 5. The van der Waals surface area contributed by atoms with E-state index < -0.39 is 0 Å². The van der Waals surface area contributed by atoms with E-state index in [0.29, 0.717) is 0 Å². The summed E-state index contributed by atoms with van der Waals surface area (Å²) in [5.74, 6) is 0. The van der Waals surface area contributed by atoms with Crippen LogP contribution >= 0.6 is 0 Å². The van der Waals surface area contributed by atoms with Crippen molar-refractivity contribution in [2.45, 2.75) is 25.7 Å². The van der Waals surface area contributed by atoms with Crippen molar-refractivity contribution in [1.82, 2.24) is 9.88 Å². The van der Waals surface area contributed by atoms with Gasteiger partial charge in [-0.15, -0.1) is 0 Å². The predicted octanol–water partition coefficient (Wildman–Crippen LogP) is 2.25. The second kappa shape index (κ2) is 5.29. The van der Waals surface area contributed by atoms with Crippen LogP contribution in [-0.4, -0.2) is 30.0 Å². The van der Waals surface area contributed by atoms with Gasteiger partial charge in [0.05, 0.1) is 11.5 Å². The second-order valence-electron chi connectivity index (χ2n) is 5.09. The average molecular weight is 229 g/mol. The minimum atomic E-state index is -0.0486. The number of hydrogen-bond acceptors (Lipinski definition) is 3. The number of likely N-dealkylation sites (N-methyl/N-ethyl adjacent to an activating group) is 1. The second-order valence-corrected chi connectivity index (χ2v) is 5.09. The third-order valence-electron chi connectivity index (χ3n) is 3.65. The maximum atomic E-state index is 9.19. The first-order chi connectivity index (χ1) is 8.24. The topological polar surface area (TPSA) is 39.9 Å². The van der Waals surface area contributed by atoms with Crippen molar-refractivity contribution < 1.29 is 0 Å². The molecule has 0 aromatic carbocycles. The Morgan fingerprint density at radius 1 is 1.41 bits per heavy atom. The maximum absolute atomic E-state index is 9.19. The van der Waals surface area contributed by atoms with E-state index in [-0.39, 0.29) is 5.41 Å². The quantitative estimate of drug-likeness (QED) is 0.777. The molecule has 0 spiro atoms. The zero-order valence-corrected chi connectivity index (χ0v) is 10.4. The first kappa shape index (κ1) is 12.1. The van der Waals surface area contributed by atoms with Crippen LogP contribution in [0, 0.1) is 16.7 Å². The molecule has 1 heterocycles. The number of nitriles is 1. The Morgan fingerprint density at radius 3 is 2.65 bits per heavy atom. The molecular weight excluding hydrogens is 210 g/mol. The fourth-order valence-electron chi connectivity index (χ4n) is 2.37. The normalized spacial score (nSPS) is 17.5. The highest BCUT2D eigenvalue weighted by molar-refractivity contribution is 5.10. The lowest BCUT2D eigenvalue weighted by Crippen LogP contribution is -2.40. The molecule has 1 aromatic heterocycles. The molecule has 17 heavy (non-hydrogen) atoms. The van der Waals surface area contributed by atoms with Crippen LogP contribution in [-0.2, 0) is 6.42 Å². The maximum Gasteiger partial charge on any atom is 0.0703 e. The summed E-state index contributed by atoms with van der Waals surface area (Å²) in [5.41, 5.74) is 1.26. The minimum absolute atomic E-state index is 0.0486. The summed E-state index contributed by atoms with van der Waals surface area (Å²) in [5, 5.41) is 9.19. The van der Waals surface area contributed by atoms with Crippen LogP contribution in [0.25, 0.3) is 0 Å². The summed E-state index contributed by atoms with van der Waals surface area (Å²) in [6.45, 7) is 1.92. The molecule has 0 bridgehead atoms. The van der Waals surface area contributed by atoms with Gasteiger partial charge < -0.3 is 4.90 Å². The van der Waals surface area contributed by atoms with Crippen molar-refractivity contribution >= 4 is 0 Å². The lowest BCUT2D eigenvalue weighted by atomic mass is 9.69. The Kier molecular flexibility index (Phi) is 3.75. The number of aromatic nitrogens is 1. The first-order valence-electron chi connectivity index (χ1n) is 6.23. The Bertz CT molecular complexity index is 390. The first-order valence-corrected chi connectivity index (χ1v) is 6.23. The molecule has 0 N–H and O–H groups in total. The zero-order valence-electron chi connectivity index (χ0n) is 10.4. The molecule has 0 saturated heterocycles. The minimum Gasteiger partial charge on any atom is -0.304 e. The third-order valence-corrected chi connectivity index (χ3v) is 3.65. The van der Waals surface area contributed by atoms with Gasteiger partial charge in [0.15, 0.2) is 0 Å². The van der Waals surface area contributed by atoms with E-state index in [2.05, 4.69) is 35.1 Å². The van der Waals surface area contributed by atoms with Gasteiger partial charge in [0.2, 0.25) is 0 Å². The van der Waals surface area contributed by atoms with Crippen LogP contribution in [0.2, 0.25) is 0 Å². The van der Waals surface area contributed by atoms with Crippen molar-refractivity contribution in [2.75, 3.05) is 20.1 Å². The molecule has 0 aliphatic heterocycles. The van der Waals surface area contributed by atoms with Crippen LogP contribution in [0.1, 0.15) is 24.8 Å². The fraction of sp³-hybridized carbons (Fsp3) is 0.571. The van der Waals surface area contributed by atoms with Gasteiger partial charge in [-0.05, 0) is 44.0 Å². The van der Waals surface area contributed by atoms with Crippen molar-refractivity contribution in [3.63, 3.8) is 0 Å². The molecule has 0 radical (unpaired) electrons. The third kappa shape index (κ3) is 3.04. The molecule has 1 aliphatic carbocycles. The van der Waals surface area contributed by atoms with Gasteiger partial charge in [-0.1, -0.05) is 6.42 Å². The lowest BCUT2D eigenvalue weighted by molar-refractivity contribution is 0.139. The fourth-order valence-corrected chi connectivity index (χ4v) is 2.37. The predicted molar refractivity (Wildman–Crippen MR) is 67.3 cm³/mol. The molecule has 1 aromatic rings. The summed E-state index contributed by atoms with van der Waals surface area (Å²) >= 11 is 0. The van der Waals surface area contributed by atoms with Gasteiger partial charge in [0, 0.05) is 25.5 Å². The number of hydrogen-bond donors (Lipinski definition) is 0. The molecule has 3 heteroatoms. The van der Waals surface area contributed by atoms with Gasteiger partial charge in [-0.25, -0.2) is 0 Å². The highest BCUT2D eigenvalue weighted by Gasteiger charge is 2.37. The molecular formula is C14H19N3. The van der Waals surface area contributed by atoms with Crippen LogP contribution in [0.15, 0.2) is 24.5 Å².